The molecule has 0 saturated carbocycles. The van der Waals surface area contributed by atoms with Crippen molar-refractivity contribution in [3.8, 4) is 23.1 Å². The van der Waals surface area contributed by atoms with Crippen molar-refractivity contribution in [1.29, 1.82) is 5.26 Å². The number of fused-ring (bicyclic) bond motifs is 2. The number of piperidine rings is 1. The van der Waals surface area contributed by atoms with Gasteiger partial charge in [0.15, 0.2) is 0 Å². The van der Waals surface area contributed by atoms with Gasteiger partial charge in [0.2, 0.25) is 0 Å². The van der Waals surface area contributed by atoms with Gasteiger partial charge in [0.05, 0.1) is 27.4 Å². The number of benzene rings is 1. The first kappa shape index (κ1) is 16.7. The Balaban J connectivity index is 1.63. The second-order valence-corrected chi connectivity index (χ2v) is 7.53. The minimum absolute atomic E-state index is 0.175. The molecule has 0 amide bonds. The van der Waals surface area contributed by atoms with E-state index in [1.165, 1.54) is 12.8 Å². The number of ether oxygens (including phenoxy) is 1. The molecule has 1 unspecified atom stereocenters. The summed E-state index contributed by atoms with van der Waals surface area (Å²) in [5, 5.41) is 13.9. The molecule has 0 spiro atoms. The van der Waals surface area contributed by atoms with E-state index in [0.717, 1.165) is 18.4 Å². The summed E-state index contributed by atoms with van der Waals surface area (Å²) >= 11 is 12.2. The number of aromatic nitrogens is 1. The second-order valence-electron chi connectivity index (χ2n) is 6.69. The van der Waals surface area contributed by atoms with Crippen LogP contribution in [0.15, 0.2) is 30.5 Å². The smallest absolute Gasteiger partial charge is 0.121 e. The van der Waals surface area contributed by atoms with Crippen molar-refractivity contribution in [2.45, 2.75) is 43.9 Å². The van der Waals surface area contributed by atoms with Gasteiger partial charge in [0, 0.05) is 23.8 Å². The van der Waals surface area contributed by atoms with Crippen LogP contribution >= 0.6 is 23.2 Å². The molecular weight excluding hydrogens is 357 g/mol. The Bertz CT molecular complexity index is 837. The van der Waals surface area contributed by atoms with Crippen molar-refractivity contribution in [3.05, 3.63) is 46.1 Å². The van der Waals surface area contributed by atoms with E-state index in [-0.39, 0.29) is 6.10 Å². The molecule has 128 valence electrons. The van der Waals surface area contributed by atoms with Crippen molar-refractivity contribution in [3.63, 3.8) is 0 Å². The van der Waals surface area contributed by atoms with Gasteiger partial charge in [-0.15, -0.1) is 0 Å². The zero-order chi connectivity index (χ0) is 17.4. The normalized spacial score (nSPS) is 24.8. The van der Waals surface area contributed by atoms with E-state index in [4.69, 9.17) is 27.9 Å². The number of rotatable bonds is 3. The Labute approximate surface area is 156 Å². The monoisotopic (exact) mass is 373 g/mol. The van der Waals surface area contributed by atoms with Crippen molar-refractivity contribution < 1.29 is 4.74 Å². The highest BCUT2D eigenvalue weighted by Crippen LogP contribution is 2.34. The van der Waals surface area contributed by atoms with E-state index in [9.17, 15) is 5.26 Å². The second kappa shape index (κ2) is 6.84. The van der Waals surface area contributed by atoms with Crippen molar-refractivity contribution in [1.82, 2.24) is 10.3 Å². The maximum absolute atomic E-state index is 9.36. The lowest BCUT2D eigenvalue weighted by Gasteiger charge is -2.29. The first-order valence-corrected chi connectivity index (χ1v) is 9.15. The Hall–Kier alpha value is -1.80. The quantitative estimate of drug-likeness (QED) is 0.854. The first-order chi connectivity index (χ1) is 12.1. The molecular formula is C19H17Cl2N3O. The van der Waals surface area contributed by atoms with Gasteiger partial charge < -0.3 is 10.1 Å². The summed E-state index contributed by atoms with van der Waals surface area (Å²) in [5.74, 6) is 0.688. The number of pyridine rings is 1. The van der Waals surface area contributed by atoms with Gasteiger partial charge in [0.25, 0.3) is 0 Å². The van der Waals surface area contributed by atoms with Crippen LogP contribution in [0.1, 0.15) is 31.2 Å². The number of hydrogen-bond acceptors (Lipinski definition) is 4. The molecule has 6 heteroatoms. The van der Waals surface area contributed by atoms with Crippen LogP contribution in [0.3, 0.4) is 0 Å². The van der Waals surface area contributed by atoms with Gasteiger partial charge >= 0.3 is 0 Å². The summed E-state index contributed by atoms with van der Waals surface area (Å²) in [6.45, 7) is 0. The average Bonchev–Trinajstić information content (AvgIpc) is 2.93. The standard InChI is InChI=1S/C19H17Cl2N3O/c20-13-6-18(21)19(23-10-13)12-3-11(9-22)4-16(5-12)25-17-7-14-1-2-15(8-17)24-14/h3-6,10,14-15,17,24H,1-2,7-8H2/t14-,15+,17?. The Morgan fingerprint density at radius 3 is 2.56 bits per heavy atom. The maximum Gasteiger partial charge on any atom is 0.121 e. The van der Waals surface area contributed by atoms with Crippen LogP contribution in [0.4, 0.5) is 0 Å². The van der Waals surface area contributed by atoms with Gasteiger partial charge in [-0.2, -0.15) is 5.26 Å². The van der Waals surface area contributed by atoms with Crippen LogP contribution in [0, 0.1) is 11.3 Å². The zero-order valence-corrected chi connectivity index (χ0v) is 15.0. The van der Waals surface area contributed by atoms with E-state index in [2.05, 4.69) is 16.4 Å². The highest BCUT2D eigenvalue weighted by molar-refractivity contribution is 6.36. The number of nitrogens with zero attached hydrogens (tertiary/aromatic N) is 2. The SMILES string of the molecule is N#Cc1cc(OC2C[C@H]3CC[C@@H](C2)N3)cc(-c2ncc(Cl)cc2Cl)c1. The lowest BCUT2D eigenvalue weighted by atomic mass is 10.0. The van der Waals surface area contributed by atoms with E-state index in [1.807, 2.05) is 6.07 Å². The molecule has 1 aromatic heterocycles. The molecule has 2 fully saturated rings. The molecule has 3 heterocycles. The predicted molar refractivity (Wildman–Crippen MR) is 98.0 cm³/mol. The molecule has 1 aromatic carbocycles. The number of halogens is 2. The topological polar surface area (TPSA) is 57.9 Å². The van der Waals surface area contributed by atoms with Gasteiger partial charge in [-0.05, 0) is 49.9 Å². The molecule has 0 radical (unpaired) electrons. The van der Waals surface area contributed by atoms with E-state index in [1.54, 1.807) is 24.4 Å². The predicted octanol–water partition coefficient (Wildman–Crippen LogP) is 4.59. The fraction of sp³-hybridized carbons (Fsp3) is 0.368. The number of nitriles is 1. The minimum atomic E-state index is 0.175. The van der Waals surface area contributed by atoms with E-state index >= 15 is 0 Å². The van der Waals surface area contributed by atoms with Crippen LogP contribution in [0.2, 0.25) is 10.0 Å². The fourth-order valence-corrected chi connectivity index (χ4v) is 4.28. The summed E-state index contributed by atoms with van der Waals surface area (Å²) in [6, 6.07) is 10.4. The van der Waals surface area contributed by atoms with E-state index in [0.29, 0.717) is 39.1 Å². The summed E-state index contributed by atoms with van der Waals surface area (Å²) in [7, 11) is 0. The molecule has 1 N–H and O–H groups in total. The minimum Gasteiger partial charge on any atom is -0.490 e. The molecule has 4 nitrogen and oxygen atoms in total. The molecule has 2 bridgehead atoms. The first-order valence-electron chi connectivity index (χ1n) is 8.40. The van der Waals surface area contributed by atoms with E-state index < -0.39 is 0 Å². The molecule has 2 aliphatic rings. The maximum atomic E-state index is 9.36. The molecule has 0 aliphatic carbocycles. The van der Waals surface area contributed by atoms with Crippen LogP contribution in [-0.4, -0.2) is 23.2 Å². The molecule has 3 atom stereocenters. The highest BCUT2D eigenvalue weighted by atomic mass is 35.5. The largest absolute Gasteiger partial charge is 0.490 e. The summed E-state index contributed by atoms with van der Waals surface area (Å²) in [4.78, 5) is 4.31. The lowest BCUT2D eigenvalue weighted by molar-refractivity contribution is 0.137. The van der Waals surface area contributed by atoms with Crippen LogP contribution in [0.25, 0.3) is 11.3 Å². The van der Waals surface area contributed by atoms with Gasteiger partial charge in [-0.25, -0.2) is 0 Å². The molecule has 2 aromatic rings. The number of hydrogen-bond donors (Lipinski definition) is 1. The van der Waals surface area contributed by atoms with Gasteiger partial charge in [-0.1, -0.05) is 23.2 Å². The number of nitrogens with one attached hydrogen (secondary N) is 1. The highest BCUT2D eigenvalue weighted by Gasteiger charge is 2.34. The van der Waals surface area contributed by atoms with Crippen LogP contribution in [-0.2, 0) is 0 Å². The van der Waals surface area contributed by atoms with Crippen molar-refractivity contribution in [2.24, 2.45) is 0 Å². The third kappa shape index (κ3) is 3.59. The Kier molecular flexibility index (Phi) is 4.56. The third-order valence-corrected chi connectivity index (χ3v) is 5.34. The average molecular weight is 374 g/mol. The summed E-state index contributed by atoms with van der Waals surface area (Å²) in [5.41, 5.74) is 1.88. The summed E-state index contributed by atoms with van der Waals surface area (Å²) < 4.78 is 6.22. The summed E-state index contributed by atoms with van der Waals surface area (Å²) in [6.07, 6.45) is 6.17. The fourth-order valence-electron chi connectivity index (χ4n) is 3.79. The zero-order valence-electron chi connectivity index (χ0n) is 13.5. The van der Waals surface area contributed by atoms with Gasteiger partial charge in [-0.3, -0.25) is 4.98 Å². The van der Waals surface area contributed by atoms with Crippen LogP contribution in [0.5, 0.6) is 5.75 Å². The Morgan fingerprint density at radius 1 is 1.12 bits per heavy atom. The van der Waals surface area contributed by atoms with Crippen LogP contribution < -0.4 is 10.1 Å². The Morgan fingerprint density at radius 2 is 1.88 bits per heavy atom. The molecule has 2 aliphatic heterocycles. The van der Waals surface area contributed by atoms with Crippen molar-refractivity contribution >= 4 is 23.2 Å². The van der Waals surface area contributed by atoms with Crippen molar-refractivity contribution in [2.75, 3.05) is 0 Å². The molecule has 25 heavy (non-hydrogen) atoms. The van der Waals surface area contributed by atoms with Gasteiger partial charge in [0.1, 0.15) is 11.9 Å². The lowest BCUT2D eigenvalue weighted by Crippen LogP contribution is -2.42. The molecule has 2 saturated heterocycles. The molecule has 4 rings (SSSR count). The third-order valence-electron chi connectivity index (χ3n) is 4.85.